The van der Waals surface area contributed by atoms with Gasteiger partial charge in [0, 0.05) is 50.5 Å². The molecule has 0 aromatic carbocycles. The fourth-order valence-corrected chi connectivity index (χ4v) is 4.79. The van der Waals surface area contributed by atoms with Gasteiger partial charge in [0.1, 0.15) is 0 Å². The average Bonchev–Trinajstić information content (AvgIpc) is 3.62. The number of pyridine rings is 1. The van der Waals surface area contributed by atoms with Gasteiger partial charge in [0.25, 0.3) is 0 Å². The van der Waals surface area contributed by atoms with Gasteiger partial charge in [-0.1, -0.05) is 0 Å². The molecule has 0 spiro atoms. The van der Waals surface area contributed by atoms with E-state index in [2.05, 4.69) is 20.1 Å². The first-order valence-electron chi connectivity index (χ1n) is 11.4. The Balaban J connectivity index is 1.17. The van der Waals surface area contributed by atoms with Crippen LogP contribution >= 0.6 is 0 Å². The second-order valence-electron chi connectivity index (χ2n) is 8.91. The minimum absolute atomic E-state index is 0.107. The molecule has 3 heterocycles. The standard InChI is InChI=1S/C23H34N4O2/c28-22(25-11-1-3-18-7-12-24-13-8-18)20-4-2-14-27(17-20)21-9-15-26(16-10-21)23(29)19-5-6-19/h7-8,12-13,19-21H,1-6,9-11,14-17H2,(H,25,28)/t20-/m1/s1. The topological polar surface area (TPSA) is 65.5 Å². The van der Waals surface area contributed by atoms with Crippen molar-refractivity contribution in [1.82, 2.24) is 20.1 Å². The van der Waals surface area contributed by atoms with Crippen molar-refractivity contribution in [3.8, 4) is 0 Å². The summed E-state index contributed by atoms with van der Waals surface area (Å²) in [4.78, 5) is 33.5. The Labute approximate surface area is 174 Å². The summed E-state index contributed by atoms with van der Waals surface area (Å²) in [5, 5.41) is 3.15. The molecule has 158 valence electrons. The Morgan fingerprint density at radius 1 is 1.00 bits per heavy atom. The van der Waals surface area contributed by atoms with E-state index in [1.165, 1.54) is 5.56 Å². The summed E-state index contributed by atoms with van der Waals surface area (Å²) in [6.07, 6.45) is 11.9. The number of hydrogen-bond acceptors (Lipinski definition) is 4. The first kappa shape index (κ1) is 20.3. The van der Waals surface area contributed by atoms with Gasteiger partial charge in [0.05, 0.1) is 5.92 Å². The van der Waals surface area contributed by atoms with Crippen molar-refractivity contribution in [3.63, 3.8) is 0 Å². The van der Waals surface area contributed by atoms with E-state index in [1.54, 1.807) is 0 Å². The highest BCUT2D eigenvalue weighted by atomic mass is 16.2. The second kappa shape index (κ2) is 9.70. The first-order valence-corrected chi connectivity index (χ1v) is 11.4. The number of amides is 2. The highest BCUT2D eigenvalue weighted by molar-refractivity contribution is 5.81. The zero-order valence-electron chi connectivity index (χ0n) is 17.4. The Morgan fingerprint density at radius 2 is 1.76 bits per heavy atom. The van der Waals surface area contributed by atoms with Crippen molar-refractivity contribution >= 4 is 11.8 Å². The summed E-state index contributed by atoms with van der Waals surface area (Å²) < 4.78 is 0. The van der Waals surface area contributed by atoms with Crippen LogP contribution in [0.2, 0.25) is 0 Å². The zero-order chi connectivity index (χ0) is 20.1. The maximum Gasteiger partial charge on any atom is 0.225 e. The predicted octanol–water partition coefficient (Wildman–Crippen LogP) is 2.24. The van der Waals surface area contributed by atoms with Crippen molar-refractivity contribution < 1.29 is 9.59 Å². The molecule has 0 radical (unpaired) electrons. The van der Waals surface area contributed by atoms with Crippen LogP contribution in [-0.4, -0.2) is 65.4 Å². The molecule has 1 aliphatic carbocycles. The summed E-state index contributed by atoms with van der Waals surface area (Å²) in [6, 6.07) is 4.59. The Hall–Kier alpha value is -1.95. The zero-order valence-corrected chi connectivity index (χ0v) is 17.4. The van der Waals surface area contributed by atoms with Crippen molar-refractivity contribution in [2.24, 2.45) is 11.8 Å². The summed E-state index contributed by atoms with van der Waals surface area (Å²) in [5.74, 6) is 1.03. The van der Waals surface area contributed by atoms with E-state index in [4.69, 9.17) is 0 Å². The lowest BCUT2D eigenvalue weighted by Crippen LogP contribution is -2.51. The number of aromatic nitrogens is 1. The van der Waals surface area contributed by atoms with E-state index in [-0.39, 0.29) is 11.8 Å². The molecule has 2 aliphatic heterocycles. The van der Waals surface area contributed by atoms with Crippen LogP contribution in [0.3, 0.4) is 0 Å². The number of nitrogens with one attached hydrogen (secondary N) is 1. The highest BCUT2D eigenvalue weighted by Gasteiger charge is 2.37. The molecule has 1 atom stereocenters. The smallest absolute Gasteiger partial charge is 0.225 e. The largest absolute Gasteiger partial charge is 0.356 e. The molecule has 3 fully saturated rings. The lowest BCUT2D eigenvalue weighted by atomic mass is 9.93. The van der Waals surface area contributed by atoms with E-state index in [1.807, 2.05) is 24.5 Å². The SMILES string of the molecule is O=C(NCCCc1ccncc1)[C@@H]1CCCN(C2CCN(C(=O)C3CC3)CC2)C1. The highest BCUT2D eigenvalue weighted by Crippen LogP contribution is 2.32. The van der Waals surface area contributed by atoms with Crippen LogP contribution in [0.1, 0.15) is 50.5 Å². The monoisotopic (exact) mass is 398 g/mol. The maximum absolute atomic E-state index is 12.7. The number of carbonyl (C=O) groups excluding carboxylic acids is 2. The van der Waals surface area contributed by atoms with Gasteiger partial charge in [-0.25, -0.2) is 0 Å². The lowest BCUT2D eigenvalue weighted by molar-refractivity contribution is -0.134. The molecule has 0 bridgehead atoms. The van der Waals surface area contributed by atoms with E-state index < -0.39 is 0 Å². The van der Waals surface area contributed by atoms with Gasteiger partial charge in [0.15, 0.2) is 0 Å². The number of carbonyl (C=O) groups is 2. The van der Waals surface area contributed by atoms with Crippen LogP contribution in [0.15, 0.2) is 24.5 Å². The van der Waals surface area contributed by atoms with E-state index in [9.17, 15) is 9.59 Å². The molecule has 2 amide bonds. The third-order valence-corrected chi connectivity index (χ3v) is 6.73. The van der Waals surface area contributed by atoms with Crippen molar-refractivity contribution in [3.05, 3.63) is 30.1 Å². The average molecular weight is 399 g/mol. The molecule has 3 aliphatic rings. The third kappa shape index (κ3) is 5.56. The van der Waals surface area contributed by atoms with E-state index >= 15 is 0 Å². The van der Waals surface area contributed by atoms with Crippen LogP contribution in [0, 0.1) is 11.8 Å². The molecule has 1 saturated carbocycles. The summed E-state index contributed by atoms with van der Waals surface area (Å²) in [7, 11) is 0. The van der Waals surface area contributed by atoms with Crippen molar-refractivity contribution in [2.45, 2.75) is 57.4 Å². The molecule has 2 saturated heterocycles. The Morgan fingerprint density at radius 3 is 2.48 bits per heavy atom. The molecular weight excluding hydrogens is 364 g/mol. The number of piperidine rings is 2. The molecule has 1 aromatic rings. The molecule has 29 heavy (non-hydrogen) atoms. The van der Waals surface area contributed by atoms with Crippen LogP contribution in [-0.2, 0) is 16.0 Å². The van der Waals surface area contributed by atoms with Gasteiger partial charge in [-0.3, -0.25) is 19.5 Å². The molecule has 6 heteroatoms. The lowest BCUT2D eigenvalue weighted by Gasteiger charge is -2.42. The predicted molar refractivity (Wildman–Crippen MR) is 112 cm³/mol. The number of likely N-dealkylation sites (tertiary alicyclic amines) is 2. The van der Waals surface area contributed by atoms with Crippen molar-refractivity contribution in [2.75, 3.05) is 32.7 Å². The van der Waals surface area contributed by atoms with Crippen LogP contribution in [0.5, 0.6) is 0 Å². The molecule has 1 N–H and O–H groups in total. The molecule has 1 aromatic heterocycles. The van der Waals surface area contributed by atoms with Gasteiger partial charge in [-0.15, -0.1) is 0 Å². The number of rotatable bonds is 7. The number of aryl methyl sites for hydroxylation is 1. The minimum atomic E-state index is 0.107. The van der Waals surface area contributed by atoms with E-state index in [0.717, 1.165) is 84.1 Å². The molecule has 0 unspecified atom stereocenters. The van der Waals surface area contributed by atoms with Crippen molar-refractivity contribution in [1.29, 1.82) is 0 Å². The van der Waals surface area contributed by atoms with Crippen LogP contribution in [0.25, 0.3) is 0 Å². The summed E-state index contributed by atoms with van der Waals surface area (Å²) >= 11 is 0. The fourth-order valence-electron chi connectivity index (χ4n) is 4.79. The third-order valence-electron chi connectivity index (χ3n) is 6.73. The summed E-state index contributed by atoms with van der Waals surface area (Å²) in [6.45, 7) is 4.48. The Bertz CT molecular complexity index is 683. The van der Waals surface area contributed by atoms with Crippen LogP contribution in [0.4, 0.5) is 0 Å². The molecular formula is C23H34N4O2. The number of hydrogen-bond donors (Lipinski definition) is 1. The molecule has 6 nitrogen and oxygen atoms in total. The normalized spacial score (nSPS) is 23.7. The Kier molecular flexibility index (Phi) is 6.80. The number of nitrogens with zero attached hydrogens (tertiary/aromatic N) is 3. The van der Waals surface area contributed by atoms with E-state index in [0.29, 0.717) is 17.9 Å². The maximum atomic E-state index is 12.7. The van der Waals surface area contributed by atoms with Gasteiger partial charge < -0.3 is 10.2 Å². The van der Waals surface area contributed by atoms with Gasteiger partial charge in [-0.2, -0.15) is 0 Å². The summed E-state index contributed by atoms with van der Waals surface area (Å²) in [5.41, 5.74) is 1.27. The molecule has 4 rings (SSSR count). The minimum Gasteiger partial charge on any atom is -0.356 e. The second-order valence-corrected chi connectivity index (χ2v) is 8.91. The fraction of sp³-hybridized carbons (Fsp3) is 0.696. The van der Waals surface area contributed by atoms with Gasteiger partial charge in [0.2, 0.25) is 11.8 Å². The van der Waals surface area contributed by atoms with Crippen LogP contribution < -0.4 is 5.32 Å². The first-order chi connectivity index (χ1) is 14.2. The quantitative estimate of drug-likeness (QED) is 0.716. The van der Waals surface area contributed by atoms with Gasteiger partial charge >= 0.3 is 0 Å². The van der Waals surface area contributed by atoms with Gasteiger partial charge in [-0.05, 0) is 75.6 Å².